The van der Waals surface area contributed by atoms with Gasteiger partial charge >= 0.3 is 0 Å². The summed E-state index contributed by atoms with van der Waals surface area (Å²) in [6.45, 7) is 0. The van der Waals surface area contributed by atoms with Crippen molar-refractivity contribution in [2.45, 2.75) is 0 Å². The molecule has 0 spiro atoms. The maximum absolute atomic E-state index is 9.38. The van der Waals surface area contributed by atoms with Crippen molar-refractivity contribution >= 4 is 69.9 Å². The summed E-state index contributed by atoms with van der Waals surface area (Å²) in [4.78, 5) is 0. The average molecular weight is 206 g/mol. The SMILES string of the molecule is Oc1cccc2c(O)cccc12.[Na].[Na]. The monoisotopic (exact) mass is 206 g/mol. The normalized spacial score (nSPS) is 8.86. The molecule has 0 aliphatic rings. The predicted octanol–water partition coefficient (Wildman–Crippen LogP) is 1.49. The summed E-state index contributed by atoms with van der Waals surface area (Å²) < 4.78 is 0. The van der Waals surface area contributed by atoms with E-state index in [2.05, 4.69) is 0 Å². The Balaban J connectivity index is 0.000000845. The predicted molar refractivity (Wildman–Crippen MR) is 58.8 cm³/mol. The van der Waals surface area contributed by atoms with Crippen molar-refractivity contribution in [2.75, 3.05) is 0 Å². The minimum Gasteiger partial charge on any atom is -0.507 e. The molecule has 2 aromatic carbocycles. The van der Waals surface area contributed by atoms with Gasteiger partial charge < -0.3 is 10.2 Å². The average Bonchev–Trinajstić information content (AvgIpc) is 2.07. The fourth-order valence-corrected chi connectivity index (χ4v) is 1.28. The molecule has 0 heterocycles. The van der Waals surface area contributed by atoms with Crippen molar-refractivity contribution in [3.05, 3.63) is 36.4 Å². The Morgan fingerprint density at radius 3 is 1.36 bits per heavy atom. The van der Waals surface area contributed by atoms with Crippen LogP contribution in [0.25, 0.3) is 10.8 Å². The molecule has 0 saturated carbocycles. The topological polar surface area (TPSA) is 40.5 Å². The summed E-state index contributed by atoms with van der Waals surface area (Å²) in [5.41, 5.74) is 0. The first-order chi connectivity index (χ1) is 5.79. The van der Waals surface area contributed by atoms with E-state index in [1.807, 2.05) is 0 Å². The Morgan fingerprint density at radius 2 is 1.00 bits per heavy atom. The van der Waals surface area contributed by atoms with Crippen LogP contribution in [0.4, 0.5) is 0 Å². The largest absolute Gasteiger partial charge is 0.507 e. The number of benzene rings is 2. The van der Waals surface area contributed by atoms with Crippen LogP contribution in [0.1, 0.15) is 0 Å². The van der Waals surface area contributed by atoms with Crippen molar-refractivity contribution in [3.63, 3.8) is 0 Å². The van der Waals surface area contributed by atoms with E-state index in [1.54, 1.807) is 36.4 Å². The molecule has 2 nitrogen and oxygen atoms in total. The summed E-state index contributed by atoms with van der Waals surface area (Å²) in [5, 5.41) is 20.1. The maximum atomic E-state index is 9.38. The van der Waals surface area contributed by atoms with Crippen LogP contribution in [0.15, 0.2) is 36.4 Å². The first-order valence-electron chi connectivity index (χ1n) is 3.69. The molecule has 62 valence electrons. The van der Waals surface area contributed by atoms with E-state index >= 15 is 0 Å². The molecule has 0 atom stereocenters. The Morgan fingerprint density at radius 1 is 0.643 bits per heavy atom. The molecule has 0 aliphatic carbocycles. The van der Waals surface area contributed by atoms with E-state index in [0.717, 1.165) is 0 Å². The second-order valence-corrected chi connectivity index (χ2v) is 2.65. The van der Waals surface area contributed by atoms with Gasteiger partial charge in [-0.25, -0.2) is 0 Å². The summed E-state index contributed by atoms with van der Waals surface area (Å²) in [6.07, 6.45) is 0. The second-order valence-electron chi connectivity index (χ2n) is 2.65. The Labute approximate surface area is 127 Å². The molecule has 4 heteroatoms. The van der Waals surface area contributed by atoms with Crippen molar-refractivity contribution in [3.8, 4) is 11.5 Å². The van der Waals surface area contributed by atoms with Crippen LogP contribution >= 0.6 is 0 Å². The Hall–Kier alpha value is 0.300. The number of aromatic hydroxyl groups is 2. The smallest absolute Gasteiger partial charge is 0.123 e. The third-order valence-corrected chi connectivity index (χ3v) is 1.88. The van der Waals surface area contributed by atoms with Crippen LogP contribution in [0.5, 0.6) is 11.5 Å². The molecular formula is C10H8Na2O2. The van der Waals surface area contributed by atoms with E-state index in [-0.39, 0.29) is 70.6 Å². The second kappa shape index (κ2) is 6.01. The minimum atomic E-state index is 0. The molecule has 0 saturated heterocycles. The molecule has 0 bridgehead atoms. The summed E-state index contributed by atoms with van der Waals surface area (Å²) >= 11 is 0. The first kappa shape index (κ1) is 14.3. The van der Waals surface area contributed by atoms with E-state index < -0.39 is 0 Å². The molecule has 2 radical (unpaired) electrons. The molecule has 2 aromatic rings. The minimum absolute atomic E-state index is 0. The zero-order chi connectivity index (χ0) is 8.55. The summed E-state index contributed by atoms with van der Waals surface area (Å²) in [5.74, 6) is 0.395. The van der Waals surface area contributed by atoms with Crippen LogP contribution in [0.3, 0.4) is 0 Å². The van der Waals surface area contributed by atoms with Crippen LogP contribution in [0.2, 0.25) is 0 Å². The fraction of sp³-hybridized carbons (Fsp3) is 0. The molecule has 2 rings (SSSR count). The van der Waals surface area contributed by atoms with Crippen LogP contribution in [-0.2, 0) is 0 Å². The maximum Gasteiger partial charge on any atom is 0.123 e. The van der Waals surface area contributed by atoms with Crippen LogP contribution < -0.4 is 0 Å². The molecule has 0 aromatic heterocycles. The van der Waals surface area contributed by atoms with Gasteiger partial charge in [0.1, 0.15) is 11.5 Å². The first-order valence-corrected chi connectivity index (χ1v) is 3.69. The third kappa shape index (κ3) is 2.66. The molecule has 0 aliphatic heterocycles. The van der Waals surface area contributed by atoms with Gasteiger partial charge in [-0.2, -0.15) is 0 Å². The van der Waals surface area contributed by atoms with Gasteiger partial charge in [-0.15, -0.1) is 0 Å². The van der Waals surface area contributed by atoms with Crippen LogP contribution in [0, 0.1) is 0 Å². The zero-order valence-electron chi connectivity index (χ0n) is 8.36. The fourth-order valence-electron chi connectivity index (χ4n) is 1.28. The molecule has 14 heavy (non-hydrogen) atoms. The quantitative estimate of drug-likeness (QED) is 0.641. The van der Waals surface area contributed by atoms with Gasteiger partial charge in [0.25, 0.3) is 0 Å². The van der Waals surface area contributed by atoms with Gasteiger partial charge in [0.15, 0.2) is 0 Å². The van der Waals surface area contributed by atoms with E-state index in [0.29, 0.717) is 10.8 Å². The van der Waals surface area contributed by atoms with Gasteiger partial charge in [-0.05, 0) is 12.1 Å². The number of fused-ring (bicyclic) bond motifs is 1. The van der Waals surface area contributed by atoms with Crippen molar-refractivity contribution < 1.29 is 10.2 Å². The number of rotatable bonds is 0. The van der Waals surface area contributed by atoms with Crippen molar-refractivity contribution in [1.82, 2.24) is 0 Å². The molecule has 2 N–H and O–H groups in total. The summed E-state index contributed by atoms with van der Waals surface area (Å²) in [6, 6.07) is 10.1. The van der Waals surface area contributed by atoms with Gasteiger partial charge in [-0.3, -0.25) is 0 Å². The number of phenolic OH excluding ortho intramolecular Hbond substituents is 2. The Kier molecular flexibility index (Phi) is 6.14. The van der Waals surface area contributed by atoms with E-state index in [9.17, 15) is 10.2 Å². The number of hydrogen-bond donors (Lipinski definition) is 2. The standard InChI is InChI=1S/C10H8O2.2Na/c11-9-5-1-3-7-8(9)4-2-6-10(7)12;;/h1-6,11-12H;;. The van der Waals surface area contributed by atoms with Gasteiger partial charge in [0, 0.05) is 69.9 Å². The molecule has 0 amide bonds. The van der Waals surface area contributed by atoms with Gasteiger partial charge in [-0.1, -0.05) is 24.3 Å². The van der Waals surface area contributed by atoms with E-state index in [1.165, 1.54) is 0 Å². The van der Waals surface area contributed by atoms with Crippen molar-refractivity contribution in [2.24, 2.45) is 0 Å². The van der Waals surface area contributed by atoms with Gasteiger partial charge in [0.2, 0.25) is 0 Å². The number of phenols is 2. The molecule has 0 fully saturated rings. The summed E-state index contributed by atoms with van der Waals surface area (Å²) in [7, 11) is 0. The molecule has 0 unspecified atom stereocenters. The van der Waals surface area contributed by atoms with Crippen LogP contribution in [-0.4, -0.2) is 69.3 Å². The molecular weight excluding hydrogens is 198 g/mol. The Bertz CT molecular complexity index is 388. The van der Waals surface area contributed by atoms with Gasteiger partial charge in [0.05, 0.1) is 0 Å². The van der Waals surface area contributed by atoms with Crippen molar-refractivity contribution in [1.29, 1.82) is 0 Å². The zero-order valence-corrected chi connectivity index (χ0v) is 12.4. The number of hydrogen-bond acceptors (Lipinski definition) is 2. The van der Waals surface area contributed by atoms with E-state index in [4.69, 9.17) is 0 Å². The third-order valence-electron chi connectivity index (χ3n) is 1.88.